The Kier molecular flexibility index (Phi) is 7.73. The Hall–Kier alpha value is -3.26. The van der Waals surface area contributed by atoms with Crippen molar-refractivity contribution < 1.29 is 22.8 Å². The average Bonchev–Trinajstić information content (AvgIpc) is 2.88. The van der Waals surface area contributed by atoms with E-state index in [1.807, 2.05) is 37.3 Å². The van der Waals surface area contributed by atoms with Gasteiger partial charge < -0.3 is 10.2 Å². The van der Waals surface area contributed by atoms with Gasteiger partial charge in [0.2, 0.25) is 0 Å². The van der Waals surface area contributed by atoms with E-state index in [4.69, 9.17) is 0 Å². The molecule has 4 nitrogen and oxygen atoms in total. The highest BCUT2D eigenvalue weighted by molar-refractivity contribution is 7.99. The van der Waals surface area contributed by atoms with Crippen LogP contribution in [0.3, 0.4) is 0 Å². The molecule has 0 aliphatic carbocycles. The summed E-state index contributed by atoms with van der Waals surface area (Å²) in [6.07, 6.45) is -3.70. The standard InChI is InChI=1S/C28H27F3N2O2S/c1-3-19-17-33(22-10-8-21(9-11-22)28(29,30)31)27(35)25-15-20(7-14-24(19)25)26(34)32-16-18-5-12-23(13-6-18)36-4-2/h5-15,19H,3-4,16-17H2,1-2H3,(H,32,34)/t19-/m0/s1. The van der Waals surface area contributed by atoms with Gasteiger partial charge in [-0.15, -0.1) is 11.8 Å². The number of carbonyl (C=O) groups excluding carboxylic acids is 2. The zero-order valence-electron chi connectivity index (χ0n) is 20.1. The fourth-order valence-corrected chi connectivity index (χ4v) is 5.00. The number of thioether (sulfide) groups is 1. The molecule has 1 aliphatic heterocycles. The van der Waals surface area contributed by atoms with Crippen molar-refractivity contribution in [2.24, 2.45) is 0 Å². The molecular weight excluding hydrogens is 485 g/mol. The van der Waals surface area contributed by atoms with E-state index in [9.17, 15) is 22.8 Å². The van der Waals surface area contributed by atoms with Gasteiger partial charge in [0.25, 0.3) is 11.8 Å². The van der Waals surface area contributed by atoms with Crippen LogP contribution in [0.4, 0.5) is 18.9 Å². The first-order chi connectivity index (χ1) is 17.2. The number of anilines is 1. The summed E-state index contributed by atoms with van der Waals surface area (Å²) in [6, 6.07) is 17.7. The first kappa shape index (κ1) is 25.8. The van der Waals surface area contributed by atoms with Crippen LogP contribution in [-0.2, 0) is 12.7 Å². The minimum Gasteiger partial charge on any atom is -0.348 e. The molecule has 1 heterocycles. The number of fused-ring (bicyclic) bond motifs is 1. The number of carbonyl (C=O) groups is 2. The van der Waals surface area contributed by atoms with Gasteiger partial charge in [-0.3, -0.25) is 9.59 Å². The summed E-state index contributed by atoms with van der Waals surface area (Å²) in [4.78, 5) is 28.9. The molecule has 1 aliphatic rings. The van der Waals surface area contributed by atoms with E-state index < -0.39 is 11.7 Å². The number of halogens is 3. The van der Waals surface area contributed by atoms with Crippen LogP contribution in [-0.4, -0.2) is 24.1 Å². The van der Waals surface area contributed by atoms with Gasteiger partial charge in [0.05, 0.1) is 5.56 Å². The summed E-state index contributed by atoms with van der Waals surface area (Å²) in [5.74, 6) is 0.379. The molecule has 1 atom stereocenters. The van der Waals surface area contributed by atoms with E-state index in [-0.39, 0.29) is 17.7 Å². The molecule has 0 fully saturated rings. The Morgan fingerprint density at radius 2 is 1.72 bits per heavy atom. The van der Waals surface area contributed by atoms with E-state index >= 15 is 0 Å². The lowest BCUT2D eigenvalue weighted by atomic mass is 9.86. The summed E-state index contributed by atoms with van der Waals surface area (Å²) >= 11 is 1.75. The number of amides is 2. The second kappa shape index (κ2) is 10.8. The highest BCUT2D eigenvalue weighted by Crippen LogP contribution is 2.36. The smallest absolute Gasteiger partial charge is 0.348 e. The Labute approximate surface area is 212 Å². The molecule has 3 aromatic carbocycles. The monoisotopic (exact) mass is 512 g/mol. The minimum absolute atomic E-state index is 0.0107. The summed E-state index contributed by atoms with van der Waals surface area (Å²) in [6.45, 7) is 4.81. The zero-order chi connectivity index (χ0) is 25.9. The summed E-state index contributed by atoms with van der Waals surface area (Å²) in [5.41, 5.74) is 2.23. The lowest BCUT2D eigenvalue weighted by molar-refractivity contribution is -0.137. The van der Waals surface area contributed by atoms with Crippen molar-refractivity contribution in [3.8, 4) is 0 Å². The van der Waals surface area contributed by atoms with Crippen molar-refractivity contribution in [3.05, 3.63) is 94.5 Å². The van der Waals surface area contributed by atoms with E-state index in [1.54, 1.807) is 23.9 Å². The molecule has 36 heavy (non-hydrogen) atoms. The maximum atomic E-state index is 13.4. The molecule has 0 saturated carbocycles. The highest BCUT2D eigenvalue weighted by Gasteiger charge is 2.34. The second-order valence-corrected chi connectivity index (χ2v) is 9.96. The van der Waals surface area contributed by atoms with Gasteiger partial charge in [0.15, 0.2) is 0 Å². The van der Waals surface area contributed by atoms with Crippen molar-refractivity contribution in [2.75, 3.05) is 17.2 Å². The van der Waals surface area contributed by atoms with Crippen LogP contribution in [0.5, 0.6) is 0 Å². The molecule has 0 aromatic heterocycles. The first-order valence-corrected chi connectivity index (χ1v) is 12.8. The van der Waals surface area contributed by atoms with Gasteiger partial charge in [-0.1, -0.05) is 32.0 Å². The Bertz CT molecular complexity index is 1240. The molecule has 0 saturated heterocycles. The molecular formula is C28H27F3N2O2S. The number of alkyl halides is 3. The predicted molar refractivity (Wildman–Crippen MR) is 137 cm³/mol. The third kappa shape index (κ3) is 5.59. The van der Waals surface area contributed by atoms with Gasteiger partial charge in [0, 0.05) is 40.7 Å². The van der Waals surface area contributed by atoms with Gasteiger partial charge in [-0.25, -0.2) is 0 Å². The molecule has 0 spiro atoms. The van der Waals surface area contributed by atoms with Crippen molar-refractivity contribution in [3.63, 3.8) is 0 Å². The van der Waals surface area contributed by atoms with Gasteiger partial charge in [-0.05, 0) is 71.8 Å². The van der Waals surface area contributed by atoms with Crippen LogP contribution in [0.2, 0.25) is 0 Å². The van der Waals surface area contributed by atoms with Crippen LogP contribution < -0.4 is 10.2 Å². The normalized spacial score (nSPS) is 15.5. The van der Waals surface area contributed by atoms with Gasteiger partial charge >= 0.3 is 6.18 Å². The Morgan fingerprint density at radius 1 is 1.03 bits per heavy atom. The number of benzene rings is 3. The number of nitrogens with zero attached hydrogens (tertiary/aromatic N) is 1. The van der Waals surface area contributed by atoms with Crippen LogP contribution in [0, 0.1) is 0 Å². The van der Waals surface area contributed by atoms with Crippen molar-refractivity contribution in [1.82, 2.24) is 5.32 Å². The van der Waals surface area contributed by atoms with Gasteiger partial charge in [0.1, 0.15) is 0 Å². The SMILES string of the molecule is CCSc1ccc(CNC(=O)c2ccc3c(c2)C(=O)N(c2ccc(C(F)(F)F)cc2)C[C@@H]3CC)cc1. The second-order valence-electron chi connectivity index (χ2n) is 8.63. The zero-order valence-corrected chi connectivity index (χ0v) is 20.9. The fraction of sp³-hybridized carbons (Fsp3) is 0.286. The van der Waals surface area contributed by atoms with Crippen LogP contribution in [0.1, 0.15) is 63.6 Å². The topological polar surface area (TPSA) is 49.4 Å². The maximum absolute atomic E-state index is 13.4. The van der Waals surface area contributed by atoms with E-state index in [2.05, 4.69) is 12.2 Å². The number of rotatable bonds is 7. The molecule has 8 heteroatoms. The largest absolute Gasteiger partial charge is 0.416 e. The molecule has 1 N–H and O–H groups in total. The van der Waals surface area contributed by atoms with E-state index in [1.165, 1.54) is 21.9 Å². The van der Waals surface area contributed by atoms with Crippen LogP contribution in [0.25, 0.3) is 0 Å². The number of nitrogens with one attached hydrogen (secondary N) is 1. The molecule has 3 aromatic rings. The highest BCUT2D eigenvalue weighted by atomic mass is 32.2. The number of hydrogen-bond acceptors (Lipinski definition) is 3. The quantitative estimate of drug-likeness (QED) is 0.350. The molecule has 0 radical (unpaired) electrons. The minimum atomic E-state index is -4.44. The first-order valence-electron chi connectivity index (χ1n) is 11.8. The molecule has 0 bridgehead atoms. The van der Waals surface area contributed by atoms with E-state index in [0.717, 1.165) is 35.4 Å². The third-order valence-corrected chi connectivity index (χ3v) is 7.21. The molecule has 2 amide bonds. The maximum Gasteiger partial charge on any atom is 0.416 e. The lowest BCUT2D eigenvalue weighted by Crippen LogP contribution is -2.40. The van der Waals surface area contributed by atoms with Crippen LogP contribution in [0.15, 0.2) is 71.6 Å². The fourth-order valence-electron chi connectivity index (χ4n) is 4.34. The molecule has 4 rings (SSSR count). The Balaban J connectivity index is 1.53. The van der Waals surface area contributed by atoms with Crippen LogP contribution >= 0.6 is 11.8 Å². The Morgan fingerprint density at radius 3 is 2.33 bits per heavy atom. The van der Waals surface area contributed by atoms with E-state index in [0.29, 0.717) is 29.9 Å². The summed E-state index contributed by atoms with van der Waals surface area (Å²) in [5, 5.41) is 2.90. The average molecular weight is 513 g/mol. The molecule has 0 unspecified atom stereocenters. The number of hydrogen-bond donors (Lipinski definition) is 1. The predicted octanol–water partition coefficient (Wildman–Crippen LogP) is 6.90. The van der Waals surface area contributed by atoms with Crippen molar-refractivity contribution in [2.45, 2.75) is 43.8 Å². The molecule has 188 valence electrons. The van der Waals surface area contributed by atoms with Crippen molar-refractivity contribution >= 4 is 29.3 Å². The lowest BCUT2D eigenvalue weighted by Gasteiger charge is -2.34. The third-order valence-electron chi connectivity index (χ3n) is 6.32. The van der Waals surface area contributed by atoms with Crippen molar-refractivity contribution in [1.29, 1.82) is 0 Å². The summed E-state index contributed by atoms with van der Waals surface area (Å²) in [7, 11) is 0. The van der Waals surface area contributed by atoms with Gasteiger partial charge in [-0.2, -0.15) is 13.2 Å². The summed E-state index contributed by atoms with van der Waals surface area (Å²) < 4.78 is 38.9.